The largest absolute Gasteiger partial charge is 0.365 e. The van der Waals surface area contributed by atoms with Gasteiger partial charge >= 0.3 is 0 Å². The van der Waals surface area contributed by atoms with Crippen molar-refractivity contribution in [2.75, 3.05) is 10.6 Å². The number of aromatic nitrogens is 3. The van der Waals surface area contributed by atoms with Crippen LogP contribution in [0.3, 0.4) is 0 Å². The van der Waals surface area contributed by atoms with Gasteiger partial charge in [0.25, 0.3) is 5.91 Å². The van der Waals surface area contributed by atoms with Gasteiger partial charge < -0.3 is 10.6 Å². The predicted molar refractivity (Wildman–Crippen MR) is 92.7 cm³/mol. The number of anilines is 2. The van der Waals surface area contributed by atoms with Gasteiger partial charge in [0, 0.05) is 24.5 Å². The number of benzene rings is 1. The van der Waals surface area contributed by atoms with E-state index >= 15 is 0 Å². The summed E-state index contributed by atoms with van der Waals surface area (Å²) in [7, 11) is 0. The van der Waals surface area contributed by atoms with E-state index < -0.39 is 0 Å². The molecule has 0 radical (unpaired) electrons. The molecule has 1 amide bonds. The van der Waals surface area contributed by atoms with Crippen LogP contribution in [0.2, 0.25) is 0 Å². The molecule has 0 aliphatic carbocycles. The molecule has 0 atom stereocenters. The molecule has 0 spiro atoms. The van der Waals surface area contributed by atoms with Crippen molar-refractivity contribution in [3.63, 3.8) is 0 Å². The van der Waals surface area contributed by atoms with Crippen LogP contribution in [0.4, 0.5) is 11.6 Å². The van der Waals surface area contributed by atoms with E-state index in [0.29, 0.717) is 23.7 Å². The van der Waals surface area contributed by atoms with Gasteiger partial charge in [-0.3, -0.25) is 9.78 Å². The summed E-state index contributed by atoms with van der Waals surface area (Å²) in [6.45, 7) is 2.58. The van der Waals surface area contributed by atoms with Gasteiger partial charge in [0.2, 0.25) is 0 Å². The Morgan fingerprint density at radius 3 is 2.46 bits per heavy atom. The molecular formula is C18H17N5O. The first kappa shape index (κ1) is 15.6. The summed E-state index contributed by atoms with van der Waals surface area (Å²) < 4.78 is 0. The van der Waals surface area contributed by atoms with Crippen LogP contribution in [0.15, 0.2) is 60.9 Å². The van der Waals surface area contributed by atoms with Crippen molar-refractivity contribution >= 4 is 17.5 Å². The van der Waals surface area contributed by atoms with Crippen LogP contribution in [0.1, 0.15) is 21.5 Å². The number of amides is 1. The third-order valence-corrected chi connectivity index (χ3v) is 3.41. The smallest absolute Gasteiger partial charge is 0.256 e. The lowest BCUT2D eigenvalue weighted by atomic mass is 10.1. The van der Waals surface area contributed by atoms with Crippen molar-refractivity contribution in [2.24, 2.45) is 0 Å². The Bertz CT molecular complexity index is 818. The summed E-state index contributed by atoms with van der Waals surface area (Å²) in [4.78, 5) is 16.1. The standard InChI is InChI=1S/C18H17N5O/c1-13-3-2-4-15(11-13)18(24)21-17-6-5-16(22-23-17)20-12-14-7-9-19-10-8-14/h2-11H,12H2,1H3,(H,20,22)(H,21,23,24). The van der Waals surface area contributed by atoms with Crippen LogP contribution in [-0.4, -0.2) is 21.1 Å². The van der Waals surface area contributed by atoms with E-state index in [2.05, 4.69) is 25.8 Å². The molecule has 120 valence electrons. The summed E-state index contributed by atoms with van der Waals surface area (Å²) in [5, 5.41) is 14.0. The number of pyridine rings is 1. The fourth-order valence-electron chi connectivity index (χ4n) is 2.16. The molecule has 0 unspecified atom stereocenters. The molecule has 0 fully saturated rings. The number of nitrogens with one attached hydrogen (secondary N) is 2. The van der Waals surface area contributed by atoms with Crippen LogP contribution in [0, 0.1) is 6.92 Å². The van der Waals surface area contributed by atoms with Crippen molar-refractivity contribution < 1.29 is 4.79 Å². The maximum atomic E-state index is 12.2. The third-order valence-electron chi connectivity index (χ3n) is 3.41. The molecule has 3 aromatic rings. The van der Waals surface area contributed by atoms with Crippen LogP contribution >= 0.6 is 0 Å². The monoisotopic (exact) mass is 319 g/mol. The first-order valence-corrected chi connectivity index (χ1v) is 7.55. The Hall–Kier alpha value is -3.28. The number of aryl methyl sites for hydroxylation is 1. The molecule has 0 aliphatic rings. The second-order valence-electron chi connectivity index (χ2n) is 5.34. The molecule has 0 saturated heterocycles. The lowest BCUT2D eigenvalue weighted by molar-refractivity contribution is 0.102. The maximum absolute atomic E-state index is 12.2. The zero-order valence-electron chi connectivity index (χ0n) is 13.2. The first-order chi connectivity index (χ1) is 11.7. The average molecular weight is 319 g/mol. The van der Waals surface area contributed by atoms with Crippen LogP contribution < -0.4 is 10.6 Å². The van der Waals surface area contributed by atoms with Crippen LogP contribution in [0.5, 0.6) is 0 Å². The molecule has 2 heterocycles. The number of rotatable bonds is 5. The number of carbonyl (C=O) groups is 1. The second-order valence-corrected chi connectivity index (χ2v) is 5.34. The van der Waals surface area contributed by atoms with Crippen molar-refractivity contribution in [3.8, 4) is 0 Å². The molecule has 2 N–H and O–H groups in total. The molecule has 3 rings (SSSR count). The van der Waals surface area contributed by atoms with E-state index in [1.807, 2.05) is 37.3 Å². The highest BCUT2D eigenvalue weighted by atomic mass is 16.1. The molecule has 1 aromatic carbocycles. The Kier molecular flexibility index (Phi) is 4.76. The zero-order valence-corrected chi connectivity index (χ0v) is 13.2. The van der Waals surface area contributed by atoms with Crippen molar-refractivity contribution in [1.82, 2.24) is 15.2 Å². The Morgan fingerprint density at radius 2 is 1.75 bits per heavy atom. The number of hydrogen-bond donors (Lipinski definition) is 2. The second kappa shape index (κ2) is 7.32. The molecule has 0 aliphatic heterocycles. The lowest BCUT2D eigenvalue weighted by Gasteiger charge is -2.07. The maximum Gasteiger partial charge on any atom is 0.256 e. The Labute approximate surface area is 140 Å². The summed E-state index contributed by atoms with van der Waals surface area (Å²) in [5.74, 6) is 0.849. The van der Waals surface area contributed by atoms with Crippen molar-refractivity contribution in [1.29, 1.82) is 0 Å². The van der Waals surface area contributed by atoms with Crippen LogP contribution in [0.25, 0.3) is 0 Å². The minimum Gasteiger partial charge on any atom is -0.365 e. The predicted octanol–water partition coefficient (Wildman–Crippen LogP) is 3.04. The number of hydrogen-bond acceptors (Lipinski definition) is 5. The summed E-state index contributed by atoms with van der Waals surface area (Å²) >= 11 is 0. The lowest BCUT2D eigenvalue weighted by Crippen LogP contribution is -2.13. The van der Waals surface area contributed by atoms with Gasteiger partial charge in [-0.1, -0.05) is 17.7 Å². The first-order valence-electron chi connectivity index (χ1n) is 7.55. The van der Waals surface area contributed by atoms with E-state index in [-0.39, 0.29) is 5.91 Å². The van der Waals surface area contributed by atoms with Crippen molar-refractivity contribution in [3.05, 3.63) is 77.6 Å². The molecule has 2 aromatic heterocycles. The molecule has 6 nitrogen and oxygen atoms in total. The van der Waals surface area contributed by atoms with Gasteiger partial charge in [0.05, 0.1) is 0 Å². The summed E-state index contributed by atoms with van der Waals surface area (Å²) in [6.07, 6.45) is 3.49. The van der Waals surface area contributed by atoms with Crippen molar-refractivity contribution in [2.45, 2.75) is 13.5 Å². The number of carbonyl (C=O) groups excluding carboxylic acids is 1. The fourth-order valence-corrected chi connectivity index (χ4v) is 2.16. The highest BCUT2D eigenvalue weighted by molar-refractivity contribution is 6.03. The molecule has 0 saturated carbocycles. The zero-order chi connectivity index (χ0) is 16.8. The van der Waals surface area contributed by atoms with Crippen LogP contribution in [-0.2, 0) is 6.54 Å². The van der Waals surface area contributed by atoms with E-state index in [4.69, 9.17) is 0 Å². The van der Waals surface area contributed by atoms with E-state index in [1.165, 1.54) is 0 Å². The summed E-state index contributed by atoms with van der Waals surface area (Å²) in [6, 6.07) is 14.7. The van der Waals surface area contributed by atoms with Gasteiger partial charge in [-0.05, 0) is 48.9 Å². The fraction of sp³-hybridized carbons (Fsp3) is 0.111. The average Bonchev–Trinajstić information content (AvgIpc) is 2.62. The Balaban J connectivity index is 1.59. The summed E-state index contributed by atoms with van der Waals surface area (Å²) in [5.41, 5.74) is 2.73. The number of nitrogens with zero attached hydrogens (tertiary/aromatic N) is 3. The Morgan fingerprint density at radius 1 is 1.00 bits per heavy atom. The SMILES string of the molecule is Cc1cccc(C(=O)Nc2ccc(NCc3ccncc3)nn2)c1. The van der Waals surface area contributed by atoms with E-state index in [1.54, 1.807) is 30.6 Å². The normalized spacial score (nSPS) is 10.2. The highest BCUT2D eigenvalue weighted by Gasteiger charge is 2.07. The van der Waals surface area contributed by atoms with Gasteiger partial charge in [-0.2, -0.15) is 0 Å². The quantitative estimate of drug-likeness (QED) is 0.755. The molecular weight excluding hydrogens is 302 g/mol. The minimum atomic E-state index is -0.203. The van der Waals surface area contributed by atoms with Gasteiger partial charge in [0.1, 0.15) is 5.82 Å². The van der Waals surface area contributed by atoms with Gasteiger partial charge in [-0.15, -0.1) is 10.2 Å². The van der Waals surface area contributed by atoms with Gasteiger partial charge in [-0.25, -0.2) is 0 Å². The highest BCUT2D eigenvalue weighted by Crippen LogP contribution is 2.10. The van der Waals surface area contributed by atoms with Gasteiger partial charge in [0.15, 0.2) is 5.82 Å². The van der Waals surface area contributed by atoms with E-state index in [0.717, 1.165) is 11.1 Å². The third kappa shape index (κ3) is 4.13. The topological polar surface area (TPSA) is 79.8 Å². The molecule has 0 bridgehead atoms. The molecule has 6 heteroatoms. The molecule has 24 heavy (non-hydrogen) atoms. The van der Waals surface area contributed by atoms with E-state index in [9.17, 15) is 4.79 Å². The minimum absolute atomic E-state index is 0.203.